The molecule has 0 aliphatic carbocycles. The summed E-state index contributed by atoms with van der Waals surface area (Å²) in [5.41, 5.74) is 4.58. The van der Waals surface area contributed by atoms with Crippen molar-refractivity contribution in [2.24, 2.45) is 0 Å². The minimum absolute atomic E-state index is 0.0885. The number of hydrogen-bond acceptors (Lipinski definition) is 2. The van der Waals surface area contributed by atoms with E-state index >= 15 is 0 Å². The Morgan fingerprint density at radius 2 is 1.94 bits per heavy atom. The molecule has 162 valence electrons. The van der Waals surface area contributed by atoms with E-state index in [1.54, 1.807) is 9.13 Å². The van der Waals surface area contributed by atoms with Gasteiger partial charge in [0.1, 0.15) is 0 Å². The van der Waals surface area contributed by atoms with E-state index in [1.807, 2.05) is 50.4 Å². The molecule has 2 aromatic carbocycles. The highest BCUT2D eigenvalue weighted by Crippen LogP contribution is 2.34. The van der Waals surface area contributed by atoms with Crippen molar-refractivity contribution in [3.8, 4) is 0 Å². The number of para-hydroxylation sites is 1. The number of nitrogens with zero attached hydrogens (tertiary/aromatic N) is 2. The van der Waals surface area contributed by atoms with Crippen molar-refractivity contribution in [2.45, 2.75) is 52.1 Å². The third-order valence-electron chi connectivity index (χ3n) is 6.06. The Morgan fingerprint density at radius 1 is 1.19 bits per heavy atom. The Hall–Kier alpha value is -2.80. The number of hydrogen-bond donors (Lipinski definition) is 2. The molecule has 0 saturated heterocycles. The summed E-state index contributed by atoms with van der Waals surface area (Å²) in [4.78, 5) is 28.7. The Kier molecular flexibility index (Phi) is 5.79. The number of benzene rings is 2. The number of carbonyl (C=O) groups is 1. The largest absolute Gasteiger partial charge is 0.481 e. The van der Waals surface area contributed by atoms with Gasteiger partial charge in [0.15, 0.2) is 0 Å². The Balaban J connectivity index is 1.99. The van der Waals surface area contributed by atoms with Gasteiger partial charge in [-0.15, -0.1) is 0 Å². The van der Waals surface area contributed by atoms with E-state index in [9.17, 15) is 14.7 Å². The quantitative estimate of drug-likeness (QED) is 0.349. The minimum atomic E-state index is -0.904. The van der Waals surface area contributed by atoms with E-state index in [-0.39, 0.29) is 18.2 Å². The zero-order valence-electron chi connectivity index (χ0n) is 17.9. The molecule has 0 saturated carbocycles. The lowest BCUT2D eigenvalue weighted by Gasteiger charge is -2.17. The zero-order valence-corrected chi connectivity index (χ0v) is 19.4. The Labute approximate surface area is 188 Å². The highest BCUT2D eigenvalue weighted by Gasteiger charge is 2.27. The molecule has 0 bridgehead atoms. The second-order valence-electron chi connectivity index (χ2n) is 8.09. The highest BCUT2D eigenvalue weighted by molar-refractivity contribution is 9.10. The van der Waals surface area contributed by atoms with E-state index < -0.39 is 12.0 Å². The number of rotatable bonds is 7. The van der Waals surface area contributed by atoms with Gasteiger partial charge in [0.05, 0.1) is 23.5 Å². The predicted octanol–water partition coefficient (Wildman–Crippen LogP) is 5.78. The molecule has 0 spiro atoms. The first-order valence-corrected chi connectivity index (χ1v) is 11.3. The van der Waals surface area contributed by atoms with Gasteiger partial charge in [-0.3, -0.25) is 13.9 Å². The van der Waals surface area contributed by atoms with E-state index in [2.05, 4.69) is 33.9 Å². The molecule has 0 fully saturated rings. The van der Waals surface area contributed by atoms with Crippen LogP contribution in [0, 0.1) is 6.92 Å². The normalized spacial score (nSPS) is 13.7. The second kappa shape index (κ2) is 8.38. The van der Waals surface area contributed by atoms with Crippen LogP contribution in [0.25, 0.3) is 21.9 Å². The molecular formula is C24H26BrN3O3. The van der Waals surface area contributed by atoms with Gasteiger partial charge in [-0.25, -0.2) is 4.79 Å². The smallest absolute Gasteiger partial charge is 0.329 e. The molecule has 2 N–H and O–H groups in total. The number of carboxylic acids is 1. The van der Waals surface area contributed by atoms with Gasteiger partial charge in [-0.2, -0.15) is 0 Å². The van der Waals surface area contributed by atoms with Crippen LogP contribution in [-0.4, -0.2) is 25.2 Å². The van der Waals surface area contributed by atoms with Crippen LogP contribution in [0.1, 0.15) is 56.3 Å². The van der Waals surface area contributed by atoms with E-state index in [0.717, 1.165) is 44.0 Å². The summed E-state index contributed by atoms with van der Waals surface area (Å²) in [6, 6.07) is 11.2. The number of H-pyrrole nitrogens is 1. The second-order valence-corrected chi connectivity index (χ2v) is 8.94. The van der Waals surface area contributed by atoms with Crippen molar-refractivity contribution in [3.63, 3.8) is 0 Å². The SMILES string of the molecule is CCCC(CC(=O)O)n1c(=O)n(C(C)c2c[nH]c3cccc(C)c23)c2cccc(Br)c21. The van der Waals surface area contributed by atoms with Gasteiger partial charge in [0.25, 0.3) is 0 Å². The molecule has 0 radical (unpaired) electrons. The number of aryl methyl sites for hydroxylation is 1. The molecule has 2 aromatic heterocycles. The van der Waals surface area contributed by atoms with Crippen LogP contribution in [-0.2, 0) is 4.79 Å². The number of aliphatic carboxylic acids is 1. The number of imidazole rings is 1. The van der Waals surface area contributed by atoms with Crippen LogP contribution in [0.2, 0.25) is 0 Å². The first kappa shape index (κ1) is 21.4. The number of nitrogens with one attached hydrogen (secondary N) is 1. The van der Waals surface area contributed by atoms with Crippen LogP contribution < -0.4 is 5.69 Å². The van der Waals surface area contributed by atoms with Crippen molar-refractivity contribution in [1.29, 1.82) is 0 Å². The topological polar surface area (TPSA) is 80.0 Å². The standard InChI is InChI=1S/C24H26BrN3O3/c1-4-7-16(12-21(29)30)28-23-18(25)9-6-11-20(23)27(24(28)31)15(3)17-13-26-19-10-5-8-14(2)22(17)19/h5-6,8-11,13,15-16,26H,4,7,12H2,1-3H3,(H,29,30). The number of carboxylic acid groups (broad SMARTS) is 1. The maximum absolute atomic E-state index is 13.8. The maximum Gasteiger partial charge on any atom is 0.329 e. The lowest BCUT2D eigenvalue weighted by Crippen LogP contribution is -2.30. The summed E-state index contributed by atoms with van der Waals surface area (Å²) in [6.45, 7) is 6.10. The van der Waals surface area contributed by atoms with Crippen LogP contribution in [0.5, 0.6) is 0 Å². The summed E-state index contributed by atoms with van der Waals surface area (Å²) in [5.74, 6) is -0.904. The number of aromatic amines is 1. The van der Waals surface area contributed by atoms with Gasteiger partial charge in [0.2, 0.25) is 0 Å². The van der Waals surface area contributed by atoms with Crippen LogP contribution in [0.3, 0.4) is 0 Å². The van der Waals surface area contributed by atoms with Gasteiger partial charge in [0, 0.05) is 33.2 Å². The molecule has 0 amide bonds. The molecule has 0 aliphatic rings. The molecule has 2 heterocycles. The lowest BCUT2D eigenvalue weighted by atomic mass is 10.0. The molecule has 6 nitrogen and oxygen atoms in total. The summed E-state index contributed by atoms with van der Waals surface area (Å²) in [7, 11) is 0. The average Bonchev–Trinajstić information content (AvgIpc) is 3.27. The van der Waals surface area contributed by atoms with E-state index in [1.165, 1.54) is 0 Å². The van der Waals surface area contributed by atoms with Crippen molar-refractivity contribution in [3.05, 3.63) is 68.7 Å². The van der Waals surface area contributed by atoms with Gasteiger partial charge in [-0.1, -0.05) is 31.5 Å². The molecule has 4 aromatic rings. The molecule has 4 rings (SSSR count). The zero-order chi connectivity index (χ0) is 22.3. The first-order chi connectivity index (χ1) is 14.8. The molecule has 31 heavy (non-hydrogen) atoms. The van der Waals surface area contributed by atoms with Gasteiger partial charge >= 0.3 is 11.7 Å². The Bertz CT molecular complexity index is 1330. The minimum Gasteiger partial charge on any atom is -0.481 e. The number of halogens is 1. The average molecular weight is 484 g/mol. The molecule has 0 aliphatic heterocycles. The van der Waals surface area contributed by atoms with Crippen molar-refractivity contribution in [1.82, 2.24) is 14.1 Å². The number of aromatic nitrogens is 3. The van der Waals surface area contributed by atoms with Crippen LogP contribution in [0.15, 0.2) is 51.9 Å². The van der Waals surface area contributed by atoms with Gasteiger partial charge < -0.3 is 10.1 Å². The highest BCUT2D eigenvalue weighted by atomic mass is 79.9. The van der Waals surface area contributed by atoms with Crippen molar-refractivity contribution >= 4 is 43.8 Å². The van der Waals surface area contributed by atoms with Crippen LogP contribution >= 0.6 is 15.9 Å². The fourth-order valence-corrected chi connectivity index (χ4v) is 5.24. The first-order valence-electron chi connectivity index (χ1n) is 10.5. The maximum atomic E-state index is 13.8. The van der Waals surface area contributed by atoms with Gasteiger partial charge in [-0.05, 0) is 60.0 Å². The molecule has 2 atom stereocenters. The van der Waals surface area contributed by atoms with Crippen LogP contribution in [0.4, 0.5) is 0 Å². The number of fused-ring (bicyclic) bond motifs is 2. The Morgan fingerprint density at radius 3 is 2.65 bits per heavy atom. The summed E-state index contributed by atoms with van der Waals surface area (Å²) >= 11 is 3.60. The lowest BCUT2D eigenvalue weighted by molar-refractivity contribution is -0.137. The molecule has 7 heteroatoms. The van der Waals surface area contributed by atoms with Crippen molar-refractivity contribution in [2.75, 3.05) is 0 Å². The summed E-state index contributed by atoms with van der Waals surface area (Å²) in [6.07, 6.45) is 3.29. The summed E-state index contributed by atoms with van der Waals surface area (Å²) < 4.78 is 4.25. The fraction of sp³-hybridized carbons (Fsp3) is 0.333. The van der Waals surface area contributed by atoms with Crippen molar-refractivity contribution < 1.29 is 9.90 Å². The predicted molar refractivity (Wildman–Crippen MR) is 127 cm³/mol. The van der Waals surface area contributed by atoms with E-state index in [4.69, 9.17) is 0 Å². The fourth-order valence-electron chi connectivity index (χ4n) is 4.69. The summed E-state index contributed by atoms with van der Waals surface area (Å²) in [5, 5.41) is 10.6. The monoisotopic (exact) mass is 483 g/mol. The molecule has 2 unspecified atom stereocenters. The third kappa shape index (κ3) is 3.61. The third-order valence-corrected chi connectivity index (χ3v) is 6.70. The molecular weight excluding hydrogens is 458 g/mol. The van der Waals surface area contributed by atoms with E-state index in [0.29, 0.717) is 6.42 Å².